The maximum Gasteiger partial charge on any atom is 0.347 e. The van der Waals surface area contributed by atoms with E-state index in [0.29, 0.717) is 23.5 Å². The zero-order valence-electron chi connectivity index (χ0n) is 15.5. The van der Waals surface area contributed by atoms with Gasteiger partial charge >= 0.3 is 5.97 Å². The van der Waals surface area contributed by atoms with Gasteiger partial charge in [0.2, 0.25) is 0 Å². The Kier molecular flexibility index (Phi) is 7.50. The number of nitrogens with one attached hydrogen (secondary N) is 2. The van der Waals surface area contributed by atoms with Crippen LogP contribution in [0.2, 0.25) is 0 Å². The minimum absolute atomic E-state index is 0.253. The number of hydrogen-bond acceptors (Lipinski definition) is 5. The second-order valence-corrected chi connectivity index (χ2v) is 5.81. The molecule has 0 aliphatic heterocycles. The van der Waals surface area contributed by atoms with Gasteiger partial charge in [-0.05, 0) is 56.3 Å². The first-order chi connectivity index (χ1) is 13.4. The van der Waals surface area contributed by atoms with Crippen molar-refractivity contribution in [2.24, 2.45) is 0 Å². The fraction of sp³-hybridized carbons (Fsp3) is 0.250. The third-order valence-corrected chi connectivity index (χ3v) is 3.55. The molecule has 0 saturated heterocycles. The third kappa shape index (κ3) is 6.39. The van der Waals surface area contributed by atoms with Crippen molar-refractivity contribution in [3.8, 4) is 5.75 Å². The van der Waals surface area contributed by atoms with E-state index in [9.17, 15) is 18.8 Å². The molecule has 0 radical (unpaired) electrons. The van der Waals surface area contributed by atoms with Crippen LogP contribution < -0.4 is 15.4 Å². The van der Waals surface area contributed by atoms with Crippen LogP contribution in [0, 0.1) is 5.82 Å². The van der Waals surface area contributed by atoms with E-state index in [1.54, 1.807) is 25.1 Å². The molecule has 28 heavy (non-hydrogen) atoms. The van der Waals surface area contributed by atoms with E-state index in [4.69, 9.17) is 9.47 Å². The predicted molar refractivity (Wildman–Crippen MR) is 101 cm³/mol. The summed E-state index contributed by atoms with van der Waals surface area (Å²) < 4.78 is 23.1. The highest BCUT2D eigenvalue weighted by molar-refractivity contribution is 5.97. The molecule has 2 aromatic carbocycles. The molecule has 2 amide bonds. The second kappa shape index (κ2) is 10.1. The smallest absolute Gasteiger partial charge is 0.347 e. The lowest BCUT2D eigenvalue weighted by Crippen LogP contribution is -2.29. The van der Waals surface area contributed by atoms with E-state index >= 15 is 0 Å². The average Bonchev–Trinajstić information content (AvgIpc) is 2.68. The molecular formula is C20H21FN2O5. The lowest BCUT2D eigenvalue weighted by molar-refractivity contribution is -0.153. The molecule has 2 rings (SSSR count). The molecule has 148 valence electrons. The van der Waals surface area contributed by atoms with Gasteiger partial charge in [0.15, 0.2) is 12.7 Å². The van der Waals surface area contributed by atoms with E-state index in [2.05, 4.69) is 10.6 Å². The summed E-state index contributed by atoms with van der Waals surface area (Å²) in [6, 6.07) is 11.6. The standard InChI is InChI=1S/C20H21FN2O5/c1-3-22-19(25)14-5-4-6-16(11-14)23-18(24)12-27-20(26)13(2)28-17-9-7-15(21)8-10-17/h4-11,13H,3,12H2,1-2H3,(H,22,25)(H,23,24)/t13-/m0/s1. The molecule has 0 saturated carbocycles. The summed E-state index contributed by atoms with van der Waals surface area (Å²) in [5.74, 6) is -1.67. The summed E-state index contributed by atoms with van der Waals surface area (Å²) in [7, 11) is 0. The van der Waals surface area contributed by atoms with Gasteiger partial charge in [-0.25, -0.2) is 9.18 Å². The number of rotatable bonds is 8. The van der Waals surface area contributed by atoms with Gasteiger partial charge in [-0.15, -0.1) is 0 Å². The molecule has 8 heteroatoms. The molecule has 0 fully saturated rings. The molecule has 0 aliphatic rings. The van der Waals surface area contributed by atoms with Gasteiger partial charge in [0.1, 0.15) is 11.6 Å². The minimum Gasteiger partial charge on any atom is -0.479 e. The topological polar surface area (TPSA) is 93.7 Å². The zero-order valence-corrected chi connectivity index (χ0v) is 15.5. The van der Waals surface area contributed by atoms with Gasteiger partial charge in [0, 0.05) is 17.8 Å². The minimum atomic E-state index is -0.973. The van der Waals surface area contributed by atoms with Crippen molar-refractivity contribution in [3.05, 3.63) is 59.9 Å². The Morgan fingerprint density at radius 3 is 2.50 bits per heavy atom. The summed E-state index contributed by atoms with van der Waals surface area (Å²) in [5.41, 5.74) is 0.804. The number of ether oxygens (including phenoxy) is 2. The molecule has 0 heterocycles. The monoisotopic (exact) mass is 388 g/mol. The van der Waals surface area contributed by atoms with E-state index in [-0.39, 0.29) is 5.91 Å². The number of benzene rings is 2. The fourth-order valence-electron chi connectivity index (χ4n) is 2.22. The highest BCUT2D eigenvalue weighted by Gasteiger charge is 2.18. The maximum atomic E-state index is 12.9. The van der Waals surface area contributed by atoms with Crippen LogP contribution in [0.5, 0.6) is 5.75 Å². The molecule has 0 spiro atoms. The van der Waals surface area contributed by atoms with Gasteiger partial charge in [-0.3, -0.25) is 9.59 Å². The van der Waals surface area contributed by atoms with Crippen LogP contribution in [0.1, 0.15) is 24.2 Å². The van der Waals surface area contributed by atoms with Crippen molar-refractivity contribution < 1.29 is 28.2 Å². The molecule has 7 nitrogen and oxygen atoms in total. The number of halogens is 1. The summed E-state index contributed by atoms with van der Waals surface area (Å²) in [5, 5.41) is 5.21. The number of anilines is 1. The lowest BCUT2D eigenvalue weighted by atomic mass is 10.2. The summed E-state index contributed by atoms with van der Waals surface area (Å²) in [4.78, 5) is 35.7. The Labute approximate surface area is 161 Å². The first kappa shape index (κ1) is 20.9. The molecule has 2 aromatic rings. The Bertz CT molecular complexity index is 839. The molecule has 1 atom stereocenters. The molecule has 0 aliphatic carbocycles. The first-order valence-corrected chi connectivity index (χ1v) is 8.66. The Balaban J connectivity index is 1.83. The average molecular weight is 388 g/mol. The van der Waals surface area contributed by atoms with E-state index < -0.39 is 30.4 Å². The van der Waals surface area contributed by atoms with Crippen molar-refractivity contribution >= 4 is 23.5 Å². The van der Waals surface area contributed by atoms with Crippen molar-refractivity contribution in [3.63, 3.8) is 0 Å². The van der Waals surface area contributed by atoms with Gasteiger partial charge in [-0.1, -0.05) is 6.07 Å². The van der Waals surface area contributed by atoms with Gasteiger partial charge in [-0.2, -0.15) is 0 Å². The number of carbonyl (C=O) groups excluding carboxylic acids is 3. The largest absolute Gasteiger partial charge is 0.479 e. The Morgan fingerprint density at radius 2 is 1.82 bits per heavy atom. The summed E-state index contributed by atoms with van der Waals surface area (Å²) >= 11 is 0. The molecule has 2 N–H and O–H groups in total. The maximum absolute atomic E-state index is 12.9. The summed E-state index contributed by atoms with van der Waals surface area (Å²) in [6.07, 6.45) is -0.973. The SMILES string of the molecule is CCNC(=O)c1cccc(NC(=O)COC(=O)[C@H](C)Oc2ccc(F)cc2)c1. The Hall–Kier alpha value is -3.42. The van der Waals surface area contributed by atoms with Crippen molar-refractivity contribution in [1.82, 2.24) is 5.32 Å². The zero-order chi connectivity index (χ0) is 20.5. The molecule has 0 bridgehead atoms. The summed E-state index contributed by atoms with van der Waals surface area (Å²) in [6.45, 7) is 3.24. The van der Waals surface area contributed by atoms with Crippen molar-refractivity contribution in [2.45, 2.75) is 20.0 Å². The van der Waals surface area contributed by atoms with Gasteiger partial charge in [0.25, 0.3) is 11.8 Å². The van der Waals surface area contributed by atoms with Crippen LogP contribution in [0.4, 0.5) is 10.1 Å². The second-order valence-electron chi connectivity index (χ2n) is 5.81. The fourth-order valence-corrected chi connectivity index (χ4v) is 2.22. The Morgan fingerprint density at radius 1 is 1.11 bits per heavy atom. The van der Waals surface area contributed by atoms with E-state index in [0.717, 1.165) is 0 Å². The van der Waals surface area contributed by atoms with Crippen molar-refractivity contribution in [1.29, 1.82) is 0 Å². The van der Waals surface area contributed by atoms with Crippen LogP contribution in [-0.4, -0.2) is 37.0 Å². The highest BCUT2D eigenvalue weighted by Crippen LogP contribution is 2.14. The van der Waals surface area contributed by atoms with Crippen LogP contribution >= 0.6 is 0 Å². The number of hydrogen-bond donors (Lipinski definition) is 2. The molecule has 0 unspecified atom stereocenters. The van der Waals surface area contributed by atoms with Crippen LogP contribution in [0.3, 0.4) is 0 Å². The van der Waals surface area contributed by atoms with E-state index in [1.165, 1.54) is 37.3 Å². The van der Waals surface area contributed by atoms with Crippen LogP contribution in [0.25, 0.3) is 0 Å². The first-order valence-electron chi connectivity index (χ1n) is 8.66. The highest BCUT2D eigenvalue weighted by atomic mass is 19.1. The van der Waals surface area contributed by atoms with Gasteiger partial charge in [0.05, 0.1) is 0 Å². The third-order valence-electron chi connectivity index (χ3n) is 3.55. The molecule has 0 aromatic heterocycles. The molecular weight excluding hydrogens is 367 g/mol. The number of esters is 1. The van der Waals surface area contributed by atoms with Gasteiger partial charge < -0.3 is 20.1 Å². The quantitative estimate of drug-likeness (QED) is 0.678. The van der Waals surface area contributed by atoms with Crippen molar-refractivity contribution in [2.75, 3.05) is 18.5 Å². The predicted octanol–water partition coefficient (Wildman–Crippen LogP) is 2.52. The number of amides is 2. The van der Waals surface area contributed by atoms with Crippen LogP contribution in [-0.2, 0) is 14.3 Å². The number of carbonyl (C=O) groups is 3. The lowest BCUT2D eigenvalue weighted by Gasteiger charge is -2.14. The van der Waals surface area contributed by atoms with Crippen LogP contribution in [0.15, 0.2) is 48.5 Å². The van der Waals surface area contributed by atoms with E-state index in [1.807, 2.05) is 0 Å². The normalized spacial score (nSPS) is 11.2.